The summed E-state index contributed by atoms with van der Waals surface area (Å²) in [7, 11) is 0. The maximum absolute atomic E-state index is 10.6. The van der Waals surface area contributed by atoms with Crippen molar-refractivity contribution in [3.05, 3.63) is 0 Å². The predicted octanol–water partition coefficient (Wildman–Crippen LogP) is 2.38. The molecule has 0 radical (unpaired) electrons. The van der Waals surface area contributed by atoms with Crippen LogP contribution in [0.1, 0.15) is 44.9 Å². The predicted molar refractivity (Wildman–Crippen MR) is 69.3 cm³/mol. The molecule has 1 aliphatic heterocycles. The lowest BCUT2D eigenvalue weighted by Gasteiger charge is -2.40. The molecule has 1 aliphatic carbocycles. The minimum absolute atomic E-state index is 0.465. The van der Waals surface area contributed by atoms with E-state index in [4.69, 9.17) is 15.6 Å². The summed E-state index contributed by atoms with van der Waals surface area (Å²) in [5, 5.41) is 7.12. The largest absolute Gasteiger partial charge is 0.490 e. The van der Waals surface area contributed by atoms with Crippen molar-refractivity contribution in [1.29, 1.82) is 0 Å². The molecule has 0 spiro atoms. The highest BCUT2D eigenvalue weighted by atomic mass is 19.4. The van der Waals surface area contributed by atoms with Gasteiger partial charge in [-0.2, -0.15) is 13.2 Å². The number of alkyl halides is 3. The Kier molecular flexibility index (Phi) is 6.75. The fourth-order valence-electron chi connectivity index (χ4n) is 2.84. The fraction of sp³-hybridized carbons (Fsp3) is 0.923. The summed E-state index contributed by atoms with van der Waals surface area (Å²) in [4.78, 5) is 11.5. The molecule has 1 heterocycles. The van der Waals surface area contributed by atoms with Gasteiger partial charge in [0.1, 0.15) is 0 Å². The highest BCUT2D eigenvalue weighted by Gasteiger charge is 2.38. The molecular weight excluding hydrogens is 273 g/mol. The Morgan fingerprint density at radius 1 is 1.05 bits per heavy atom. The van der Waals surface area contributed by atoms with Gasteiger partial charge in [0.05, 0.1) is 0 Å². The van der Waals surface area contributed by atoms with E-state index in [0.717, 1.165) is 0 Å². The number of hydrogen-bond donors (Lipinski definition) is 2. The monoisotopic (exact) mass is 296 g/mol. The van der Waals surface area contributed by atoms with Gasteiger partial charge in [0.2, 0.25) is 0 Å². The van der Waals surface area contributed by atoms with Gasteiger partial charge in [0, 0.05) is 12.1 Å². The second-order valence-corrected chi connectivity index (χ2v) is 5.42. The van der Waals surface area contributed by atoms with Gasteiger partial charge in [-0.1, -0.05) is 19.3 Å². The molecule has 2 fully saturated rings. The molecule has 0 aromatic carbocycles. The zero-order valence-electron chi connectivity index (χ0n) is 11.5. The number of halogens is 3. The lowest BCUT2D eigenvalue weighted by Crippen LogP contribution is -2.51. The Labute approximate surface area is 117 Å². The number of rotatable bonds is 1. The van der Waals surface area contributed by atoms with Crippen molar-refractivity contribution in [3.8, 4) is 0 Å². The Balaban J connectivity index is 0.000000246. The third-order valence-electron chi connectivity index (χ3n) is 3.88. The first-order valence-corrected chi connectivity index (χ1v) is 7.12. The Hall–Kier alpha value is -0.820. The molecule has 0 aromatic rings. The van der Waals surface area contributed by atoms with Crippen molar-refractivity contribution in [3.63, 3.8) is 0 Å². The van der Waals surface area contributed by atoms with E-state index in [2.05, 4.69) is 4.90 Å². The van der Waals surface area contributed by atoms with E-state index in [9.17, 15) is 13.2 Å². The van der Waals surface area contributed by atoms with Gasteiger partial charge in [-0.05, 0) is 38.8 Å². The molecular formula is C13H23F3N2O2. The van der Waals surface area contributed by atoms with Crippen LogP contribution in [0.3, 0.4) is 0 Å². The number of nitrogens with zero attached hydrogens (tertiary/aromatic N) is 1. The standard InChI is InChI=1S/C11H22N2.C2HF3O2/c12-10-6-2-3-7-11(10)13-8-4-1-5-9-13;3-2(4,5)1(6)7/h10-11H,1-9,12H2;(H,6,7)/t10-,11-;/m0./s1. The van der Waals surface area contributed by atoms with Gasteiger partial charge in [0.15, 0.2) is 0 Å². The molecule has 20 heavy (non-hydrogen) atoms. The Morgan fingerprint density at radius 3 is 2.00 bits per heavy atom. The number of carboxylic acid groups (broad SMARTS) is 1. The lowest BCUT2D eigenvalue weighted by atomic mass is 9.89. The number of nitrogens with two attached hydrogens (primary N) is 1. The zero-order valence-corrected chi connectivity index (χ0v) is 11.5. The van der Waals surface area contributed by atoms with Gasteiger partial charge in [-0.25, -0.2) is 4.79 Å². The summed E-state index contributed by atoms with van der Waals surface area (Å²) in [6.45, 7) is 2.61. The molecule has 0 bridgehead atoms. The van der Waals surface area contributed by atoms with Crippen LogP contribution in [0.2, 0.25) is 0 Å². The van der Waals surface area contributed by atoms with Crippen molar-refractivity contribution >= 4 is 5.97 Å². The van der Waals surface area contributed by atoms with E-state index in [1.54, 1.807) is 0 Å². The van der Waals surface area contributed by atoms with Crippen LogP contribution in [0.15, 0.2) is 0 Å². The van der Waals surface area contributed by atoms with Gasteiger partial charge < -0.3 is 10.8 Å². The summed E-state index contributed by atoms with van der Waals surface area (Å²) in [5.41, 5.74) is 6.17. The molecule has 0 aromatic heterocycles. The van der Waals surface area contributed by atoms with Gasteiger partial charge >= 0.3 is 12.1 Å². The van der Waals surface area contributed by atoms with Crippen molar-refractivity contribution in [2.75, 3.05) is 13.1 Å². The highest BCUT2D eigenvalue weighted by Crippen LogP contribution is 2.24. The first-order chi connectivity index (χ1) is 9.32. The quantitative estimate of drug-likeness (QED) is 0.779. The first kappa shape index (κ1) is 17.2. The number of carbonyl (C=O) groups is 1. The minimum atomic E-state index is -5.08. The molecule has 2 atom stereocenters. The van der Waals surface area contributed by atoms with E-state index in [1.807, 2.05) is 0 Å². The van der Waals surface area contributed by atoms with E-state index >= 15 is 0 Å². The lowest BCUT2D eigenvalue weighted by molar-refractivity contribution is -0.192. The fourth-order valence-corrected chi connectivity index (χ4v) is 2.84. The maximum atomic E-state index is 10.6. The molecule has 0 amide bonds. The van der Waals surface area contributed by atoms with Crippen LogP contribution in [0.25, 0.3) is 0 Å². The summed E-state index contributed by atoms with van der Waals surface area (Å²) >= 11 is 0. The molecule has 3 N–H and O–H groups in total. The van der Waals surface area contributed by atoms with Gasteiger partial charge in [-0.15, -0.1) is 0 Å². The average Bonchev–Trinajstić information content (AvgIpc) is 2.40. The minimum Gasteiger partial charge on any atom is -0.475 e. The summed E-state index contributed by atoms with van der Waals surface area (Å²) in [5.74, 6) is -2.76. The van der Waals surface area contributed by atoms with Crippen LogP contribution in [-0.2, 0) is 4.79 Å². The highest BCUT2D eigenvalue weighted by molar-refractivity contribution is 5.73. The SMILES string of the molecule is N[C@H]1CCCC[C@@H]1N1CCCCC1.O=C(O)C(F)(F)F. The van der Waals surface area contributed by atoms with Crippen LogP contribution < -0.4 is 5.73 Å². The first-order valence-electron chi connectivity index (χ1n) is 7.12. The van der Waals surface area contributed by atoms with E-state index < -0.39 is 12.1 Å². The average molecular weight is 296 g/mol. The number of hydrogen-bond acceptors (Lipinski definition) is 3. The summed E-state index contributed by atoms with van der Waals surface area (Å²) in [6.07, 6.45) is 4.48. The molecule has 0 unspecified atom stereocenters. The molecule has 2 aliphatic rings. The second-order valence-electron chi connectivity index (χ2n) is 5.42. The van der Waals surface area contributed by atoms with Gasteiger partial charge in [-0.3, -0.25) is 4.90 Å². The summed E-state index contributed by atoms with van der Waals surface area (Å²) in [6, 6.07) is 1.18. The van der Waals surface area contributed by atoms with Crippen LogP contribution in [0, 0.1) is 0 Å². The van der Waals surface area contributed by atoms with E-state index in [0.29, 0.717) is 12.1 Å². The van der Waals surface area contributed by atoms with E-state index in [1.165, 1.54) is 58.0 Å². The van der Waals surface area contributed by atoms with Crippen molar-refractivity contribution in [1.82, 2.24) is 4.90 Å². The Morgan fingerprint density at radius 2 is 1.55 bits per heavy atom. The molecule has 7 heteroatoms. The van der Waals surface area contributed by atoms with Crippen molar-refractivity contribution in [2.24, 2.45) is 5.73 Å². The van der Waals surface area contributed by atoms with Gasteiger partial charge in [0.25, 0.3) is 0 Å². The molecule has 1 saturated heterocycles. The smallest absolute Gasteiger partial charge is 0.475 e. The topological polar surface area (TPSA) is 66.6 Å². The van der Waals surface area contributed by atoms with Crippen LogP contribution in [0.5, 0.6) is 0 Å². The number of likely N-dealkylation sites (tertiary alicyclic amines) is 1. The summed E-state index contributed by atoms with van der Waals surface area (Å²) < 4.78 is 31.7. The number of piperidine rings is 1. The van der Waals surface area contributed by atoms with Crippen molar-refractivity contribution < 1.29 is 23.1 Å². The Bertz CT molecular complexity index is 304. The van der Waals surface area contributed by atoms with Crippen molar-refractivity contribution in [2.45, 2.75) is 63.2 Å². The normalized spacial score (nSPS) is 28.4. The maximum Gasteiger partial charge on any atom is 0.490 e. The number of carboxylic acids is 1. The molecule has 118 valence electrons. The van der Waals surface area contributed by atoms with E-state index in [-0.39, 0.29) is 0 Å². The number of aliphatic carboxylic acids is 1. The second kappa shape index (κ2) is 7.83. The molecule has 4 nitrogen and oxygen atoms in total. The third kappa shape index (κ3) is 5.66. The van der Waals surface area contributed by atoms with Crippen LogP contribution in [0.4, 0.5) is 13.2 Å². The van der Waals surface area contributed by atoms with Crippen LogP contribution in [-0.4, -0.2) is 47.3 Å². The molecule has 2 rings (SSSR count). The van der Waals surface area contributed by atoms with Crippen LogP contribution >= 0.6 is 0 Å². The third-order valence-corrected chi connectivity index (χ3v) is 3.88. The molecule has 1 saturated carbocycles. The zero-order chi connectivity index (χ0) is 15.2.